The number of halogens is 1. The molecule has 1 aromatic rings. The molecule has 1 N–H and O–H groups in total. The van der Waals surface area contributed by atoms with E-state index in [-0.39, 0.29) is 0 Å². The topological polar surface area (TPSA) is 47.0 Å². The monoisotopic (exact) mass is 309 g/mol. The second-order valence-corrected chi connectivity index (χ2v) is 5.92. The van der Waals surface area contributed by atoms with E-state index in [1.54, 1.807) is 18.9 Å². The number of nitrogens with zero attached hydrogens (tertiary/aromatic N) is 2. The van der Waals surface area contributed by atoms with Crippen LogP contribution >= 0.6 is 39.0 Å². The maximum absolute atomic E-state index is 4.92. The summed E-state index contributed by atoms with van der Waals surface area (Å²) in [6.45, 7) is 5.18. The van der Waals surface area contributed by atoms with Crippen molar-refractivity contribution in [3.8, 4) is 0 Å². The number of anilines is 1. The number of rotatable bonds is 7. The summed E-state index contributed by atoms with van der Waals surface area (Å²) < 4.78 is 6.82. The molecule has 0 aliphatic rings. The number of ether oxygens (including phenoxy) is 1. The van der Waals surface area contributed by atoms with E-state index in [4.69, 9.17) is 4.74 Å². The van der Waals surface area contributed by atoms with E-state index < -0.39 is 0 Å². The lowest BCUT2D eigenvalue weighted by atomic mass is 10.7. The lowest BCUT2D eigenvalue weighted by Gasteiger charge is -1.98. The Labute approximate surface area is 106 Å². The summed E-state index contributed by atoms with van der Waals surface area (Å²) in [7, 11) is 1.67. The first-order valence-electron chi connectivity index (χ1n) is 4.24. The van der Waals surface area contributed by atoms with E-state index in [0.717, 1.165) is 26.3 Å². The molecule has 7 heteroatoms. The standard InChI is InChI=1S/C8H12BrN3OS2/c1-6(9)5-14-8-12-11-7(15-8)10-3-4-13-2/h1,3-5H2,2H3,(H,10,11). The van der Waals surface area contributed by atoms with Crippen LogP contribution in [0.5, 0.6) is 0 Å². The first kappa shape index (κ1) is 13.0. The number of aromatic nitrogens is 2. The van der Waals surface area contributed by atoms with Crippen LogP contribution in [0.15, 0.2) is 15.4 Å². The fourth-order valence-electron chi connectivity index (χ4n) is 0.740. The van der Waals surface area contributed by atoms with E-state index in [2.05, 4.69) is 38.0 Å². The van der Waals surface area contributed by atoms with Crippen molar-refractivity contribution in [2.45, 2.75) is 4.34 Å². The molecule has 15 heavy (non-hydrogen) atoms. The highest BCUT2D eigenvalue weighted by Gasteiger charge is 2.03. The number of hydrogen-bond donors (Lipinski definition) is 1. The van der Waals surface area contributed by atoms with Gasteiger partial charge in [-0.15, -0.1) is 10.2 Å². The van der Waals surface area contributed by atoms with Crippen molar-refractivity contribution >= 4 is 44.2 Å². The van der Waals surface area contributed by atoms with Gasteiger partial charge in [0.15, 0.2) is 4.34 Å². The Morgan fingerprint density at radius 2 is 2.47 bits per heavy atom. The predicted octanol–water partition coefficient (Wildman–Crippen LogP) is 2.60. The lowest BCUT2D eigenvalue weighted by Crippen LogP contribution is -2.06. The zero-order chi connectivity index (χ0) is 11.1. The zero-order valence-electron chi connectivity index (χ0n) is 8.33. The number of hydrogen-bond acceptors (Lipinski definition) is 6. The zero-order valence-corrected chi connectivity index (χ0v) is 11.5. The molecule has 0 saturated heterocycles. The molecule has 0 fully saturated rings. The molecule has 0 unspecified atom stereocenters. The highest BCUT2D eigenvalue weighted by atomic mass is 79.9. The van der Waals surface area contributed by atoms with Gasteiger partial charge in [-0.25, -0.2) is 0 Å². The minimum Gasteiger partial charge on any atom is -0.383 e. The maximum Gasteiger partial charge on any atom is 0.206 e. The van der Waals surface area contributed by atoms with Gasteiger partial charge in [-0.05, 0) is 4.48 Å². The van der Waals surface area contributed by atoms with Crippen molar-refractivity contribution in [2.75, 3.05) is 31.3 Å². The molecule has 0 aliphatic carbocycles. The minimum absolute atomic E-state index is 0.667. The number of nitrogens with one attached hydrogen (secondary N) is 1. The van der Waals surface area contributed by atoms with Crippen molar-refractivity contribution in [3.63, 3.8) is 0 Å². The van der Waals surface area contributed by atoms with E-state index in [1.807, 2.05) is 0 Å². The Balaban J connectivity index is 2.32. The molecule has 0 spiro atoms. The number of methoxy groups -OCH3 is 1. The summed E-state index contributed by atoms with van der Waals surface area (Å²) >= 11 is 6.45. The lowest BCUT2D eigenvalue weighted by molar-refractivity contribution is 0.211. The summed E-state index contributed by atoms with van der Waals surface area (Å²) in [5.41, 5.74) is 0. The van der Waals surface area contributed by atoms with Crippen LogP contribution in [-0.4, -0.2) is 36.2 Å². The second kappa shape index (κ2) is 7.21. The van der Waals surface area contributed by atoms with Crippen molar-refractivity contribution in [2.24, 2.45) is 0 Å². The third kappa shape index (κ3) is 5.50. The first-order valence-corrected chi connectivity index (χ1v) is 6.84. The van der Waals surface area contributed by atoms with Gasteiger partial charge >= 0.3 is 0 Å². The molecule has 1 heterocycles. The van der Waals surface area contributed by atoms with Gasteiger partial charge in [0.05, 0.1) is 6.61 Å². The van der Waals surface area contributed by atoms with Gasteiger partial charge < -0.3 is 10.1 Å². The van der Waals surface area contributed by atoms with Crippen LogP contribution in [0.3, 0.4) is 0 Å². The number of thioether (sulfide) groups is 1. The summed E-state index contributed by atoms with van der Waals surface area (Å²) in [5.74, 6) is 0.812. The fourth-order valence-corrected chi connectivity index (χ4v) is 2.61. The molecule has 0 aliphatic heterocycles. The van der Waals surface area contributed by atoms with Gasteiger partial charge in [-0.1, -0.05) is 45.6 Å². The normalized spacial score (nSPS) is 10.3. The first-order chi connectivity index (χ1) is 7.22. The summed E-state index contributed by atoms with van der Waals surface area (Å²) in [5, 5.41) is 12.0. The predicted molar refractivity (Wildman–Crippen MR) is 69.1 cm³/mol. The van der Waals surface area contributed by atoms with Crippen molar-refractivity contribution in [3.05, 3.63) is 11.1 Å². The smallest absolute Gasteiger partial charge is 0.206 e. The molecule has 1 aromatic heterocycles. The molecule has 0 saturated carbocycles. The Bertz CT molecular complexity index is 319. The van der Waals surface area contributed by atoms with Crippen LogP contribution in [0, 0.1) is 0 Å². The molecule has 0 aromatic carbocycles. The third-order valence-electron chi connectivity index (χ3n) is 1.34. The highest BCUT2D eigenvalue weighted by molar-refractivity contribution is 9.11. The van der Waals surface area contributed by atoms with Gasteiger partial charge in [0, 0.05) is 19.4 Å². The molecule has 84 valence electrons. The van der Waals surface area contributed by atoms with Crippen LogP contribution < -0.4 is 5.32 Å². The van der Waals surface area contributed by atoms with Crippen LogP contribution in [0.1, 0.15) is 0 Å². The van der Waals surface area contributed by atoms with Crippen LogP contribution in [-0.2, 0) is 4.74 Å². The van der Waals surface area contributed by atoms with Crippen molar-refractivity contribution in [1.29, 1.82) is 0 Å². The summed E-state index contributed by atoms with van der Waals surface area (Å²) in [6.07, 6.45) is 0. The Morgan fingerprint density at radius 3 is 3.13 bits per heavy atom. The van der Waals surface area contributed by atoms with Crippen molar-refractivity contribution in [1.82, 2.24) is 10.2 Å². The Hall–Kier alpha value is -0.110. The molecule has 0 bridgehead atoms. The van der Waals surface area contributed by atoms with Gasteiger partial charge in [0.25, 0.3) is 0 Å². The van der Waals surface area contributed by atoms with Crippen LogP contribution in [0.25, 0.3) is 0 Å². The van der Waals surface area contributed by atoms with Crippen LogP contribution in [0.4, 0.5) is 5.13 Å². The third-order valence-corrected chi connectivity index (χ3v) is 4.09. The summed E-state index contributed by atoms with van der Waals surface area (Å²) in [4.78, 5) is 0. The van der Waals surface area contributed by atoms with Crippen molar-refractivity contribution < 1.29 is 4.74 Å². The Kier molecular flexibility index (Phi) is 6.23. The fraction of sp³-hybridized carbons (Fsp3) is 0.500. The molecule has 0 atom stereocenters. The molecule has 0 radical (unpaired) electrons. The van der Waals surface area contributed by atoms with Gasteiger partial charge in [-0.3, -0.25) is 0 Å². The maximum atomic E-state index is 4.92. The van der Waals surface area contributed by atoms with E-state index in [0.29, 0.717) is 6.61 Å². The van der Waals surface area contributed by atoms with Gasteiger partial charge in [0.1, 0.15) is 0 Å². The van der Waals surface area contributed by atoms with E-state index >= 15 is 0 Å². The van der Waals surface area contributed by atoms with E-state index in [1.165, 1.54) is 11.3 Å². The molecular formula is C8H12BrN3OS2. The van der Waals surface area contributed by atoms with Gasteiger partial charge in [-0.2, -0.15) is 0 Å². The SMILES string of the molecule is C=C(Br)CSc1nnc(NCCOC)s1. The average Bonchev–Trinajstić information content (AvgIpc) is 2.63. The largest absolute Gasteiger partial charge is 0.383 e. The second-order valence-electron chi connectivity index (χ2n) is 2.60. The molecule has 4 nitrogen and oxygen atoms in total. The quantitative estimate of drug-likeness (QED) is 0.619. The molecule has 0 amide bonds. The highest BCUT2D eigenvalue weighted by Crippen LogP contribution is 2.27. The van der Waals surface area contributed by atoms with Crippen LogP contribution in [0.2, 0.25) is 0 Å². The van der Waals surface area contributed by atoms with E-state index in [9.17, 15) is 0 Å². The summed E-state index contributed by atoms with van der Waals surface area (Å²) in [6, 6.07) is 0. The Morgan fingerprint density at radius 1 is 1.67 bits per heavy atom. The average molecular weight is 310 g/mol. The molecule has 1 rings (SSSR count). The molecular weight excluding hydrogens is 298 g/mol. The minimum atomic E-state index is 0.667. The van der Waals surface area contributed by atoms with Gasteiger partial charge in [0.2, 0.25) is 5.13 Å².